The van der Waals surface area contributed by atoms with Crippen molar-refractivity contribution in [3.8, 4) is 0 Å². The summed E-state index contributed by atoms with van der Waals surface area (Å²) in [6.45, 7) is 1.37. The first kappa shape index (κ1) is 18.5. The van der Waals surface area contributed by atoms with E-state index in [1.54, 1.807) is 9.58 Å². The van der Waals surface area contributed by atoms with Crippen molar-refractivity contribution in [2.24, 2.45) is 7.05 Å². The maximum absolute atomic E-state index is 12.3. The molecule has 0 bridgehead atoms. The molecule has 28 heavy (non-hydrogen) atoms. The summed E-state index contributed by atoms with van der Waals surface area (Å²) in [5.41, 5.74) is 2.93. The number of ether oxygens (including phenoxy) is 1. The van der Waals surface area contributed by atoms with Gasteiger partial charge >= 0.3 is 6.09 Å². The standard InChI is InChI=1S/C20H24N4O4/c1-23-16-11-13(12-7-9-24(10-8-12)20(27)28-2)3-4-14(16)18(22-23)15-5-6-17(25)21-19(15)26/h3-4,11-12,15H,5-10H2,1-2H3,(H,21,25,26). The van der Waals surface area contributed by atoms with Crippen LogP contribution in [0.2, 0.25) is 0 Å². The van der Waals surface area contributed by atoms with Gasteiger partial charge in [-0.15, -0.1) is 0 Å². The number of nitrogens with zero attached hydrogens (tertiary/aromatic N) is 3. The summed E-state index contributed by atoms with van der Waals surface area (Å²) < 4.78 is 6.61. The average Bonchev–Trinajstić information content (AvgIpc) is 3.03. The molecule has 8 nitrogen and oxygen atoms in total. The summed E-state index contributed by atoms with van der Waals surface area (Å²) in [5.74, 6) is -0.507. The SMILES string of the molecule is COC(=O)N1CCC(c2ccc3c(C4CCC(=O)NC4=O)nn(C)c3c2)CC1. The lowest BCUT2D eigenvalue weighted by Gasteiger charge is -2.31. The molecule has 0 spiro atoms. The van der Waals surface area contributed by atoms with E-state index in [0.29, 0.717) is 31.8 Å². The maximum atomic E-state index is 12.3. The molecule has 3 heterocycles. The van der Waals surface area contributed by atoms with Crippen LogP contribution in [0.25, 0.3) is 10.9 Å². The first-order chi connectivity index (χ1) is 13.5. The van der Waals surface area contributed by atoms with Gasteiger partial charge in [-0.1, -0.05) is 12.1 Å². The molecule has 2 fully saturated rings. The summed E-state index contributed by atoms with van der Waals surface area (Å²) in [6, 6.07) is 6.26. The third-order valence-electron chi connectivity index (χ3n) is 5.87. The number of fused-ring (bicyclic) bond motifs is 1. The molecule has 1 unspecified atom stereocenters. The molecule has 1 aromatic heterocycles. The normalized spacial score (nSPS) is 21.1. The Kier molecular flexibility index (Phi) is 4.78. The van der Waals surface area contributed by atoms with Crippen LogP contribution in [-0.2, 0) is 21.4 Å². The van der Waals surface area contributed by atoms with E-state index in [1.165, 1.54) is 12.7 Å². The second kappa shape index (κ2) is 7.26. The first-order valence-electron chi connectivity index (χ1n) is 9.61. The van der Waals surface area contributed by atoms with E-state index in [1.807, 2.05) is 13.1 Å². The predicted octanol–water partition coefficient (Wildman–Crippen LogP) is 2.04. The molecular formula is C20H24N4O4. The Morgan fingerprint density at radius 3 is 2.64 bits per heavy atom. The number of rotatable bonds is 2. The monoisotopic (exact) mass is 384 g/mol. The van der Waals surface area contributed by atoms with E-state index >= 15 is 0 Å². The van der Waals surface area contributed by atoms with Crippen molar-refractivity contribution in [2.75, 3.05) is 20.2 Å². The summed E-state index contributed by atoms with van der Waals surface area (Å²) in [6.07, 6.45) is 2.33. The number of hydrogen-bond donors (Lipinski definition) is 1. The Morgan fingerprint density at radius 2 is 1.96 bits per heavy atom. The largest absolute Gasteiger partial charge is 0.453 e. The van der Waals surface area contributed by atoms with E-state index in [0.717, 1.165) is 29.4 Å². The number of aromatic nitrogens is 2. The van der Waals surface area contributed by atoms with Gasteiger partial charge in [0.2, 0.25) is 11.8 Å². The van der Waals surface area contributed by atoms with Crippen molar-refractivity contribution in [2.45, 2.75) is 37.5 Å². The molecule has 1 aromatic carbocycles. The van der Waals surface area contributed by atoms with Gasteiger partial charge in [-0.05, 0) is 36.8 Å². The van der Waals surface area contributed by atoms with Crippen LogP contribution >= 0.6 is 0 Å². The smallest absolute Gasteiger partial charge is 0.409 e. The van der Waals surface area contributed by atoms with Gasteiger partial charge < -0.3 is 9.64 Å². The molecule has 2 aliphatic rings. The lowest BCUT2D eigenvalue weighted by atomic mass is 9.88. The van der Waals surface area contributed by atoms with Gasteiger partial charge in [0.1, 0.15) is 0 Å². The molecule has 0 radical (unpaired) electrons. The highest BCUT2D eigenvalue weighted by Gasteiger charge is 2.32. The van der Waals surface area contributed by atoms with Gasteiger partial charge in [0.05, 0.1) is 24.2 Å². The number of piperidine rings is 2. The van der Waals surface area contributed by atoms with E-state index in [-0.39, 0.29) is 17.9 Å². The summed E-state index contributed by atoms with van der Waals surface area (Å²) >= 11 is 0. The zero-order chi connectivity index (χ0) is 19.8. The number of imide groups is 1. The number of likely N-dealkylation sites (tertiary alicyclic amines) is 1. The molecule has 1 N–H and O–H groups in total. The minimum Gasteiger partial charge on any atom is -0.453 e. The van der Waals surface area contributed by atoms with Crippen molar-refractivity contribution in [1.82, 2.24) is 20.0 Å². The van der Waals surface area contributed by atoms with Crippen molar-refractivity contribution < 1.29 is 19.1 Å². The van der Waals surface area contributed by atoms with Crippen LogP contribution in [0.15, 0.2) is 18.2 Å². The Balaban J connectivity index is 1.57. The molecule has 2 saturated heterocycles. The molecule has 4 rings (SSSR count). The highest BCUT2D eigenvalue weighted by atomic mass is 16.5. The van der Waals surface area contributed by atoms with E-state index in [2.05, 4.69) is 22.5 Å². The van der Waals surface area contributed by atoms with Crippen LogP contribution in [0.4, 0.5) is 4.79 Å². The third-order valence-corrected chi connectivity index (χ3v) is 5.87. The number of hydrogen-bond acceptors (Lipinski definition) is 5. The second-order valence-electron chi connectivity index (χ2n) is 7.52. The lowest BCUT2D eigenvalue weighted by molar-refractivity contribution is -0.134. The number of carbonyl (C=O) groups is 3. The van der Waals surface area contributed by atoms with Gasteiger partial charge in [0.25, 0.3) is 0 Å². The zero-order valence-electron chi connectivity index (χ0n) is 16.1. The molecule has 0 saturated carbocycles. The third kappa shape index (κ3) is 3.23. The van der Waals surface area contributed by atoms with Gasteiger partial charge in [-0.25, -0.2) is 4.79 Å². The minimum atomic E-state index is -0.393. The van der Waals surface area contributed by atoms with Gasteiger partial charge in [-0.2, -0.15) is 5.10 Å². The van der Waals surface area contributed by atoms with Crippen molar-refractivity contribution in [3.63, 3.8) is 0 Å². The van der Waals surface area contributed by atoms with E-state index in [9.17, 15) is 14.4 Å². The van der Waals surface area contributed by atoms with Crippen LogP contribution in [0.3, 0.4) is 0 Å². The zero-order valence-corrected chi connectivity index (χ0v) is 16.1. The fourth-order valence-corrected chi connectivity index (χ4v) is 4.29. The number of benzene rings is 1. The van der Waals surface area contributed by atoms with Crippen molar-refractivity contribution in [1.29, 1.82) is 0 Å². The van der Waals surface area contributed by atoms with Gasteiger partial charge in [0, 0.05) is 31.9 Å². The molecule has 8 heteroatoms. The quantitative estimate of drug-likeness (QED) is 0.800. The van der Waals surface area contributed by atoms with Crippen molar-refractivity contribution in [3.05, 3.63) is 29.5 Å². The lowest BCUT2D eigenvalue weighted by Crippen LogP contribution is -2.39. The minimum absolute atomic E-state index is 0.220. The molecule has 3 amide bonds. The fraction of sp³-hybridized carbons (Fsp3) is 0.500. The van der Waals surface area contributed by atoms with Gasteiger partial charge in [0.15, 0.2) is 0 Å². The number of aryl methyl sites for hydroxylation is 1. The van der Waals surface area contributed by atoms with Gasteiger partial charge in [-0.3, -0.25) is 19.6 Å². The Morgan fingerprint density at radius 1 is 1.21 bits per heavy atom. The molecule has 1 atom stereocenters. The number of nitrogens with one attached hydrogen (secondary N) is 1. The second-order valence-corrected chi connectivity index (χ2v) is 7.52. The number of methoxy groups -OCH3 is 1. The molecule has 2 aromatic rings. The molecule has 0 aliphatic carbocycles. The summed E-state index contributed by atoms with van der Waals surface area (Å²) in [5, 5.41) is 7.96. The van der Waals surface area contributed by atoms with Crippen LogP contribution in [0.1, 0.15) is 48.8 Å². The topological polar surface area (TPSA) is 93.5 Å². The average molecular weight is 384 g/mol. The van der Waals surface area contributed by atoms with Crippen LogP contribution in [0.5, 0.6) is 0 Å². The number of amides is 3. The van der Waals surface area contributed by atoms with E-state index < -0.39 is 5.92 Å². The molecule has 148 valence electrons. The highest BCUT2D eigenvalue weighted by molar-refractivity contribution is 6.02. The molecule has 2 aliphatic heterocycles. The first-order valence-corrected chi connectivity index (χ1v) is 9.61. The Hall–Kier alpha value is -2.90. The Labute approximate surface area is 162 Å². The van der Waals surface area contributed by atoms with Crippen molar-refractivity contribution >= 4 is 28.8 Å². The summed E-state index contributed by atoms with van der Waals surface area (Å²) in [7, 11) is 3.28. The van der Waals surface area contributed by atoms with Crippen LogP contribution in [-0.4, -0.2) is 52.8 Å². The predicted molar refractivity (Wildman–Crippen MR) is 102 cm³/mol. The van der Waals surface area contributed by atoms with E-state index in [4.69, 9.17) is 4.74 Å². The number of carbonyl (C=O) groups excluding carboxylic acids is 3. The summed E-state index contributed by atoms with van der Waals surface area (Å²) in [4.78, 5) is 37.1. The molecular weight excluding hydrogens is 360 g/mol. The van der Waals surface area contributed by atoms with Crippen LogP contribution < -0.4 is 5.32 Å². The highest BCUT2D eigenvalue weighted by Crippen LogP contribution is 2.34. The maximum Gasteiger partial charge on any atom is 0.409 e. The van der Waals surface area contributed by atoms with Crippen LogP contribution in [0, 0.1) is 0 Å². The fourth-order valence-electron chi connectivity index (χ4n) is 4.29. The Bertz CT molecular complexity index is 943.